The lowest BCUT2D eigenvalue weighted by Crippen LogP contribution is -1.95. The summed E-state index contributed by atoms with van der Waals surface area (Å²) >= 11 is 0. The van der Waals surface area contributed by atoms with Gasteiger partial charge in [0.15, 0.2) is 0 Å². The fraction of sp³-hybridized carbons (Fsp3) is 0.300. The van der Waals surface area contributed by atoms with Crippen molar-refractivity contribution in [1.29, 1.82) is 5.26 Å². The van der Waals surface area contributed by atoms with Gasteiger partial charge in [0, 0.05) is 11.1 Å². The van der Waals surface area contributed by atoms with Gasteiger partial charge >= 0.3 is 0 Å². The number of rotatable bonds is 2. The van der Waals surface area contributed by atoms with Gasteiger partial charge in [-0.05, 0) is 13.0 Å². The van der Waals surface area contributed by atoms with Gasteiger partial charge in [-0.15, -0.1) is 0 Å². The zero-order valence-corrected chi connectivity index (χ0v) is 7.60. The van der Waals surface area contributed by atoms with Crippen LogP contribution < -0.4 is 4.74 Å². The molecular formula is C10H10FNO. The van der Waals surface area contributed by atoms with Gasteiger partial charge < -0.3 is 4.74 Å². The van der Waals surface area contributed by atoms with E-state index >= 15 is 0 Å². The molecular weight excluding hydrogens is 169 g/mol. The fourth-order valence-corrected chi connectivity index (χ4v) is 1.17. The Kier molecular flexibility index (Phi) is 2.86. The molecule has 0 aromatic heterocycles. The largest absolute Gasteiger partial charge is 0.496 e. The van der Waals surface area contributed by atoms with E-state index in [2.05, 4.69) is 0 Å². The Labute approximate surface area is 76.6 Å². The van der Waals surface area contributed by atoms with Crippen LogP contribution in [0.3, 0.4) is 0 Å². The second-order valence-corrected chi connectivity index (χ2v) is 2.70. The maximum atomic E-state index is 13.4. The standard InChI is InChI=1S/C10H10FNO/c1-7-9(13-2)4-3-8(5-6-12)10(7)11/h3-4H,5H2,1-2H3. The van der Waals surface area contributed by atoms with E-state index in [0.717, 1.165) is 0 Å². The first kappa shape index (κ1) is 9.53. The van der Waals surface area contributed by atoms with Crippen LogP contribution in [0.25, 0.3) is 0 Å². The molecule has 0 fully saturated rings. The van der Waals surface area contributed by atoms with E-state index in [-0.39, 0.29) is 12.2 Å². The summed E-state index contributed by atoms with van der Waals surface area (Å²) in [5.41, 5.74) is 0.871. The topological polar surface area (TPSA) is 33.0 Å². The molecule has 0 bridgehead atoms. The predicted octanol–water partition coefficient (Wildman–Crippen LogP) is 2.21. The lowest BCUT2D eigenvalue weighted by atomic mass is 10.1. The number of hydrogen-bond acceptors (Lipinski definition) is 2. The summed E-state index contributed by atoms with van der Waals surface area (Å²) < 4.78 is 18.3. The van der Waals surface area contributed by atoms with Gasteiger partial charge in [0.05, 0.1) is 19.6 Å². The highest BCUT2D eigenvalue weighted by molar-refractivity contribution is 5.38. The van der Waals surface area contributed by atoms with Gasteiger partial charge in [0.2, 0.25) is 0 Å². The monoisotopic (exact) mass is 179 g/mol. The fourth-order valence-electron chi connectivity index (χ4n) is 1.17. The first-order valence-corrected chi connectivity index (χ1v) is 3.89. The van der Waals surface area contributed by atoms with Crippen LogP contribution in [0.5, 0.6) is 5.75 Å². The van der Waals surface area contributed by atoms with Crippen molar-refractivity contribution in [2.45, 2.75) is 13.3 Å². The molecule has 0 aliphatic heterocycles. The second-order valence-electron chi connectivity index (χ2n) is 2.70. The zero-order chi connectivity index (χ0) is 9.84. The van der Waals surface area contributed by atoms with Crippen molar-refractivity contribution in [2.24, 2.45) is 0 Å². The van der Waals surface area contributed by atoms with E-state index < -0.39 is 0 Å². The third-order valence-corrected chi connectivity index (χ3v) is 1.91. The molecule has 13 heavy (non-hydrogen) atoms. The van der Waals surface area contributed by atoms with E-state index in [0.29, 0.717) is 16.9 Å². The molecule has 2 nitrogen and oxygen atoms in total. The Balaban J connectivity index is 3.17. The summed E-state index contributed by atoms with van der Waals surface area (Å²) in [5, 5.41) is 8.41. The highest BCUT2D eigenvalue weighted by Gasteiger charge is 2.09. The molecule has 0 N–H and O–H groups in total. The van der Waals surface area contributed by atoms with Crippen molar-refractivity contribution in [3.63, 3.8) is 0 Å². The lowest BCUT2D eigenvalue weighted by Gasteiger charge is -2.07. The molecule has 0 saturated heterocycles. The van der Waals surface area contributed by atoms with Crippen molar-refractivity contribution in [3.05, 3.63) is 29.1 Å². The van der Waals surface area contributed by atoms with Crippen molar-refractivity contribution in [2.75, 3.05) is 7.11 Å². The minimum absolute atomic E-state index is 0.0939. The number of methoxy groups -OCH3 is 1. The summed E-state index contributed by atoms with van der Waals surface area (Å²) in [6, 6.07) is 5.15. The number of halogens is 1. The number of benzene rings is 1. The lowest BCUT2D eigenvalue weighted by molar-refractivity contribution is 0.406. The third-order valence-electron chi connectivity index (χ3n) is 1.91. The predicted molar refractivity (Wildman–Crippen MR) is 47.0 cm³/mol. The smallest absolute Gasteiger partial charge is 0.134 e. The minimum Gasteiger partial charge on any atom is -0.496 e. The van der Waals surface area contributed by atoms with Gasteiger partial charge in [-0.3, -0.25) is 0 Å². The molecule has 1 aromatic carbocycles. The number of hydrogen-bond donors (Lipinski definition) is 0. The van der Waals surface area contributed by atoms with Crippen LogP contribution in [0, 0.1) is 24.1 Å². The molecule has 0 heterocycles. The van der Waals surface area contributed by atoms with E-state index in [1.165, 1.54) is 7.11 Å². The van der Waals surface area contributed by atoms with Gasteiger partial charge in [-0.2, -0.15) is 5.26 Å². The Morgan fingerprint density at radius 2 is 2.23 bits per heavy atom. The van der Waals surface area contributed by atoms with Gasteiger partial charge in [-0.25, -0.2) is 4.39 Å². The number of nitriles is 1. The summed E-state index contributed by atoms with van der Waals surface area (Å²) in [7, 11) is 1.49. The van der Waals surface area contributed by atoms with E-state index in [9.17, 15) is 4.39 Å². The zero-order valence-electron chi connectivity index (χ0n) is 7.60. The van der Waals surface area contributed by atoms with Crippen molar-refractivity contribution < 1.29 is 9.13 Å². The quantitative estimate of drug-likeness (QED) is 0.697. The van der Waals surface area contributed by atoms with Crippen LogP contribution >= 0.6 is 0 Å². The van der Waals surface area contributed by atoms with Crippen LogP contribution in [0.1, 0.15) is 11.1 Å². The molecule has 68 valence electrons. The maximum Gasteiger partial charge on any atom is 0.134 e. The van der Waals surface area contributed by atoms with Gasteiger partial charge in [0.1, 0.15) is 11.6 Å². The summed E-state index contributed by atoms with van der Waals surface area (Å²) in [6.45, 7) is 1.63. The molecule has 0 atom stereocenters. The number of nitrogens with zero attached hydrogens (tertiary/aromatic N) is 1. The molecule has 0 spiro atoms. The normalized spacial score (nSPS) is 9.38. The van der Waals surface area contributed by atoms with Crippen LogP contribution in [-0.2, 0) is 6.42 Å². The first-order valence-electron chi connectivity index (χ1n) is 3.89. The summed E-state index contributed by atoms with van der Waals surface area (Å²) in [5.74, 6) is 0.167. The SMILES string of the molecule is COc1ccc(CC#N)c(F)c1C. The molecule has 0 aliphatic rings. The minimum atomic E-state index is -0.346. The average Bonchev–Trinajstić information content (AvgIpc) is 2.14. The first-order chi connectivity index (χ1) is 6.20. The molecule has 0 radical (unpaired) electrons. The molecule has 0 unspecified atom stereocenters. The average molecular weight is 179 g/mol. The molecule has 0 amide bonds. The second kappa shape index (κ2) is 3.90. The van der Waals surface area contributed by atoms with E-state index in [1.807, 2.05) is 6.07 Å². The van der Waals surface area contributed by atoms with Crippen LogP contribution in [0.2, 0.25) is 0 Å². The van der Waals surface area contributed by atoms with Gasteiger partial charge in [-0.1, -0.05) is 6.07 Å². The van der Waals surface area contributed by atoms with Gasteiger partial charge in [0.25, 0.3) is 0 Å². The molecule has 3 heteroatoms. The number of ether oxygens (including phenoxy) is 1. The van der Waals surface area contributed by atoms with Crippen molar-refractivity contribution >= 4 is 0 Å². The van der Waals surface area contributed by atoms with E-state index in [1.54, 1.807) is 19.1 Å². The molecule has 1 rings (SSSR count). The van der Waals surface area contributed by atoms with Crippen LogP contribution in [0.4, 0.5) is 4.39 Å². The Hall–Kier alpha value is -1.56. The summed E-state index contributed by atoms with van der Waals surface area (Å²) in [4.78, 5) is 0. The van der Waals surface area contributed by atoms with Crippen molar-refractivity contribution in [1.82, 2.24) is 0 Å². The molecule has 0 saturated carbocycles. The van der Waals surface area contributed by atoms with E-state index in [4.69, 9.17) is 10.00 Å². The van der Waals surface area contributed by atoms with Crippen molar-refractivity contribution in [3.8, 4) is 11.8 Å². The molecule has 1 aromatic rings. The highest BCUT2D eigenvalue weighted by Crippen LogP contribution is 2.23. The Bertz CT molecular complexity index is 355. The molecule has 0 aliphatic carbocycles. The Morgan fingerprint density at radius 3 is 2.77 bits per heavy atom. The maximum absolute atomic E-state index is 13.4. The van der Waals surface area contributed by atoms with Crippen LogP contribution in [0.15, 0.2) is 12.1 Å². The summed E-state index contributed by atoms with van der Waals surface area (Å²) in [6.07, 6.45) is 0.0939. The third kappa shape index (κ3) is 1.78. The highest BCUT2D eigenvalue weighted by atomic mass is 19.1. The Morgan fingerprint density at radius 1 is 1.54 bits per heavy atom. The van der Waals surface area contributed by atoms with Crippen LogP contribution in [-0.4, -0.2) is 7.11 Å².